The molecule has 0 saturated carbocycles. The fraction of sp³-hybridized carbons (Fsp3) is 0.600. The van der Waals surface area contributed by atoms with Crippen LogP contribution in [0.25, 0.3) is 0 Å². The number of benzene rings is 1. The van der Waals surface area contributed by atoms with Crippen molar-refractivity contribution in [2.75, 3.05) is 26.9 Å². The molecule has 0 aliphatic carbocycles. The molecule has 0 amide bonds. The highest BCUT2D eigenvalue weighted by Crippen LogP contribution is 2.28. The Kier molecular flexibility index (Phi) is 6.78. The first kappa shape index (κ1) is 16.8. The van der Waals surface area contributed by atoms with Crippen LogP contribution >= 0.6 is 0 Å². The van der Waals surface area contributed by atoms with Crippen LogP contribution in [0.5, 0.6) is 11.5 Å². The van der Waals surface area contributed by atoms with Crippen LogP contribution in [0.4, 0.5) is 0 Å². The van der Waals surface area contributed by atoms with E-state index in [0.29, 0.717) is 24.5 Å². The van der Waals surface area contributed by atoms with E-state index in [1.807, 2.05) is 13.8 Å². The van der Waals surface area contributed by atoms with Gasteiger partial charge in [-0.05, 0) is 31.2 Å². The molecule has 1 aromatic rings. The van der Waals surface area contributed by atoms with E-state index in [2.05, 4.69) is 5.32 Å². The van der Waals surface area contributed by atoms with Crippen LogP contribution in [-0.2, 0) is 6.61 Å². The van der Waals surface area contributed by atoms with Crippen LogP contribution < -0.4 is 14.8 Å². The summed E-state index contributed by atoms with van der Waals surface area (Å²) in [6.45, 7) is 5.27. The quantitative estimate of drug-likeness (QED) is 0.637. The smallest absolute Gasteiger partial charge is 0.161 e. The third-order valence-corrected chi connectivity index (χ3v) is 3.27. The van der Waals surface area contributed by atoms with Gasteiger partial charge in [0.15, 0.2) is 11.5 Å². The summed E-state index contributed by atoms with van der Waals surface area (Å²) in [5.41, 5.74) is 0.439. The molecule has 1 aromatic carbocycles. The first-order chi connectivity index (χ1) is 9.58. The summed E-state index contributed by atoms with van der Waals surface area (Å²) in [5, 5.41) is 21.7. The summed E-state index contributed by atoms with van der Waals surface area (Å²) in [7, 11) is 1.57. The van der Waals surface area contributed by atoms with Crippen molar-refractivity contribution in [3.63, 3.8) is 0 Å². The zero-order valence-corrected chi connectivity index (χ0v) is 12.5. The highest BCUT2D eigenvalue weighted by atomic mass is 16.5. The maximum absolute atomic E-state index is 9.41. The second kappa shape index (κ2) is 8.09. The zero-order valence-electron chi connectivity index (χ0n) is 12.5. The number of rotatable bonds is 9. The van der Waals surface area contributed by atoms with Crippen LogP contribution in [0.15, 0.2) is 18.2 Å². The lowest BCUT2D eigenvalue weighted by Gasteiger charge is -2.28. The van der Waals surface area contributed by atoms with E-state index < -0.39 is 0 Å². The molecular weight excluding hydrogens is 258 g/mol. The first-order valence-electron chi connectivity index (χ1n) is 6.85. The Balaban J connectivity index is 2.61. The second-order valence-electron chi connectivity index (χ2n) is 4.99. The number of hydrogen-bond acceptors (Lipinski definition) is 5. The van der Waals surface area contributed by atoms with E-state index in [9.17, 15) is 5.11 Å². The molecule has 1 rings (SSSR count). The molecule has 1 atom stereocenters. The second-order valence-corrected chi connectivity index (χ2v) is 4.99. The number of aliphatic hydroxyl groups is 2. The Morgan fingerprint density at radius 3 is 2.55 bits per heavy atom. The number of methoxy groups -OCH3 is 1. The van der Waals surface area contributed by atoms with Gasteiger partial charge in [-0.1, -0.05) is 13.0 Å². The van der Waals surface area contributed by atoms with E-state index in [0.717, 1.165) is 12.1 Å². The fourth-order valence-corrected chi connectivity index (χ4v) is 1.97. The SMILES string of the molecule is CCNC(C)(CO)CCOc1ccc(CO)cc1OC. The summed E-state index contributed by atoms with van der Waals surface area (Å²) in [6.07, 6.45) is 0.683. The predicted molar refractivity (Wildman–Crippen MR) is 78.2 cm³/mol. The van der Waals surface area contributed by atoms with Crippen molar-refractivity contribution < 1.29 is 19.7 Å². The maximum Gasteiger partial charge on any atom is 0.161 e. The van der Waals surface area contributed by atoms with Crippen molar-refractivity contribution in [2.24, 2.45) is 0 Å². The molecule has 114 valence electrons. The molecule has 0 fully saturated rings. The summed E-state index contributed by atoms with van der Waals surface area (Å²) in [6, 6.07) is 5.34. The molecule has 0 spiro atoms. The van der Waals surface area contributed by atoms with Crippen molar-refractivity contribution in [3.05, 3.63) is 23.8 Å². The molecule has 1 unspecified atom stereocenters. The van der Waals surface area contributed by atoms with E-state index in [1.165, 1.54) is 0 Å². The van der Waals surface area contributed by atoms with E-state index in [-0.39, 0.29) is 18.8 Å². The highest BCUT2D eigenvalue weighted by molar-refractivity contribution is 5.42. The molecule has 0 heterocycles. The van der Waals surface area contributed by atoms with E-state index in [4.69, 9.17) is 14.6 Å². The molecule has 3 N–H and O–H groups in total. The number of ether oxygens (including phenoxy) is 2. The largest absolute Gasteiger partial charge is 0.493 e. The molecule has 0 aliphatic rings. The van der Waals surface area contributed by atoms with E-state index in [1.54, 1.807) is 25.3 Å². The lowest BCUT2D eigenvalue weighted by Crippen LogP contribution is -2.46. The number of hydrogen-bond donors (Lipinski definition) is 3. The minimum atomic E-state index is -0.340. The van der Waals surface area contributed by atoms with Crippen LogP contribution in [0.3, 0.4) is 0 Å². The van der Waals surface area contributed by atoms with Gasteiger partial charge in [0.25, 0.3) is 0 Å². The lowest BCUT2D eigenvalue weighted by molar-refractivity contribution is 0.144. The minimum absolute atomic E-state index is 0.0281. The Bertz CT molecular complexity index is 411. The van der Waals surface area contributed by atoms with Gasteiger partial charge in [0.2, 0.25) is 0 Å². The average Bonchev–Trinajstić information content (AvgIpc) is 2.47. The number of likely N-dealkylation sites (N-methyl/N-ethyl adjacent to an activating group) is 1. The topological polar surface area (TPSA) is 71.0 Å². The van der Waals surface area contributed by atoms with Gasteiger partial charge < -0.3 is 25.0 Å². The molecule has 20 heavy (non-hydrogen) atoms. The Hall–Kier alpha value is -1.30. The highest BCUT2D eigenvalue weighted by Gasteiger charge is 2.21. The van der Waals surface area contributed by atoms with Crippen LogP contribution in [0.1, 0.15) is 25.8 Å². The van der Waals surface area contributed by atoms with Crippen molar-refractivity contribution in [1.29, 1.82) is 0 Å². The third kappa shape index (κ3) is 4.67. The summed E-state index contributed by atoms with van der Waals surface area (Å²) >= 11 is 0. The monoisotopic (exact) mass is 283 g/mol. The molecular formula is C15H25NO4. The Labute approximate surface area is 120 Å². The van der Waals surface area contributed by atoms with Gasteiger partial charge in [-0.15, -0.1) is 0 Å². The molecule has 0 radical (unpaired) electrons. The number of nitrogens with one attached hydrogen (secondary N) is 1. The molecule has 5 heteroatoms. The third-order valence-electron chi connectivity index (χ3n) is 3.27. The summed E-state index contributed by atoms with van der Waals surface area (Å²) in [5.74, 6) is 1.24. The molecule has 0 bridgehead atoms. The summed E-state index contributed by atoms with van der Waals surface area (Å²) in [4.78, 5) is 0. The molecule has 0 saturated heterocycles. The van der Waals surface area contributed by atoms with Crippen molar-refractivity contribution in [2.45, 2.75) is 32.4 Å². The predicted octanol–water partition coefficient (Wildman–Crippen LogP) is 1.32. The van der Waals surface area contributed by atoms with Crippen LogP contribution in [0, 0.1) is 0 Å². The van der Waals surface area contributed by atoms with Gasteiger partial charge in [0, 0.05) is 12.0 Å². The first-order valence-corrected chi connectivity index (χ1v) is 6.85. The molecule has 5 nitrogen and oxygen atoms in total. The normalized spacial score (nSPS) is 13.8. The number of aliphatic hydroxyl groups excluding tert-OH is 2. The van der Waals surface area contributed by atoms with Crippen LogP contribution in [0.2, 0.25) is 0 Å². The zero-order chi connectivity index (χ0) is 15.0. The van der Waals surface area contributed by atoms with Gasteiger partial charge in [-0.3, -0.25) is 0 Å². The van der Waals surface area contributed by atoms with Gasteiger partial charge in [0.05, 0.1) is 26.9 Å². The van der Waals surface area contributed by atoms with Gasteiger partial charge in [0.1, 0.15) is 0 Å². The standard InChI is InChI=1S/C15H25NO4/c1-4-16-15(2,11-18)7-8-20-13-6-5-12(10-17)9-14(13)19-3/h5-6,9,16-18H,4,7-8,10-11H2,1-3H3. The van der Waals surface area contributed by atoms with E-state index >= 15 is 0 Å². The van der Waals surface area contributed by atoms with Gasteiger partial charge >= 0.3 is 0 Å². The minimum Gasteiger partial charge on any atom is -0.493 e. The molecule has 0 aromatic heterocycles. The van der Waals surface area contributed by atoms with Crippen molar-refractivity contribution in [1.82, 2.24) is 5.32 Å². The average molecular weight is 283 g/mol. The fourth-order valence-electron chi connectivity index (χ4n) is 1.97. The van der Waals surface area contributed by atoms with Gasteiger partial charge in [-0.2, -0.15) is 0 Å². The maximum atomic E-state index is 9.41. The summed E-state index contributed by atoms with van der Waals surface area (Å²) < 4.78 is 11.0. The van der Waals surface area contributed by atoms with Crippen molar-refractivity contribution in [3.8, 4) is 11.5 Å². The van der Waals surface area contributed by atoms with Crippen molar-refractivity contribution >= 4 is 0 Å². The molecule has 0 aliphatic heterocycles. The lowest BCUT2D eigenvalue weighted by atomic mass is 10.00. The van der Waals surface area contributed by atoms with Gasteiger partial charge in [-0.25, -0.2) is 0 Å². The van der Waals surface area contributed by atoms with Crippen LogP contribution in [-0.4, -0.2) is 42.6 Å². The Morgan fingerprint density at radius 2 is 2.00 bits per heavy atom. The Morgan fingerprint density at radius 1 is 1.25 bits per heavy atom.